The van der Waals surface area contributed by atoms with Gasteiger partial charge in [0.25, 0.3) is 10.0 Å². The zero-order valence-electron chi connectivity index (χ0n) is 11.0. The van der Waals surface area contributed by atoms with Gasteiger partial charge in [0.1, 0.15) is 10.7 Å². The number of hydrogen-bond donors (Lipinski definition) is 2. The largest absolute Gasteiger partial charge is 0.279 e. The molecule has 0 spiro atoms. The van der Waals surface area contributed by atoms with Crippen LogP contribution in [0.15, 0.2) is 47.4 Å². The molecule has 0 saturated heterocycles. The Hall–Kier alpha value is -0.840. The maximum atomic E-state index is 12.4. The van der Waals surface area contributed by atoms with Gasteiger partial charge in [0.2, 0.25) is 0 Å². The van der Waals surface area contributed by atoms with Gasteiger partial charge in [-0.1, -0.05) is 17.7 Å². The molecule has 0 heterocycles. The Morgan fingerprint density at radius 3 is 2.32 bits per heavy atom. The summed E-state index contributed by atoms with van der Waals surface area (Å²) >= 11 is 7.93. The highest BCUT2D eigenvalue weighted by atomic mass is 127. The predicted molar refractivity (Wildman–Crippen MR) is 95.4 cm³/mol. The molecular formula is C13H11ClINO4S2. The van der Waals surface area contributed by atoms with E-state index in [9.17, 15) is 16.8 Å². The fraction of sp³-hybridized carbons (Fsp3) is 0.0769. The zero-order valence-corrected chi connectivity index (χ0v) is 15.6. The van der Waals surface area contributed by atoms with Crippen molar-refractivity contribution >= 4 is 60.6 Å². The van der Waals surface area contributed by atoms with Crippen molar-refractivity contribution < 1.29 is 16.8 Å². The fourth-order valence-electron chi connectivity index (χ4n) is 1.74. The van der Waals surface area contributed by atoms with Gasteiger partial charge in [-0.25, -0.2) is 16.8 Å². The molecule has 0 atom stereocenters. The summed E-state index contributed by atoms with van der Waals surface area (Å²) < 4.78 is 49.8. The maximum absolute atomic E-state index is 12.4. The second-order valence-corrected chi connectivity index (χ2v) is 8.70. The smallest absolute Gasteiger partial charge is 0.261 e. The molecule has 5 nitrogen and oxygen atoms in total. The summed E-state index contributed by atoms with van der Waals surface area (Å²) in [6.45, 7) is 0. The number of sulfonamides is 1. The second-order valence-electron chi connectivity index (χ2n) is 4.35. The van der Waals surface area contributed by atoms with Crippen LogP contribution in [0.2, 0.25) is 5.02 Å². The Morgan fingerprint density at radius 2 is 1.73 bits per heavy atom. The summed E-state index contributed by atoms with van der Waals surface area (Å²) in [6, 6.07) is 10.7. The first-order chi connectivity index (χ1) is 10.3. The van der Waals surface area contributed by atoms with Crippen molar-refractivity contribution in [3.05, 3.63) is 56.6 Å². The minimum absolute atomic E-state index is 0.0883. The number of hydrogen-bond acceptors (Lipinski definition) is 4. The van der Waals surface area contributed by atoms with Crippen molar-refractivity contribution in [2.24, 2.45) is 0 Å². The first-order valence-corrected chi connectivity index (χ1v) is 10.3. The predicted octanol–water partition coefficient (Wildman–Crippen LogP) is 2.86. The van der Waals surface area contributed by atoms with Crippen molar-refractivity contribution in [2.45, 2.75) is 10.6 Å². The van der Waals surface area contributed by atoms with Gasteiger partial charge in [0, 0.05) is 8.59 Å². The zero-order chi connectivity index (χ0) is 16.3. The van der Waals surface area contributed by atoms with Crippen molar-refractivity contribution in [1.82, 2.24) is 0 Å². The third kappa shape index (κ3) is 4.58. The number of halogens is 2. The first-order valence-electron chi connectivity index (χ1n) is 5.96. The van der Waals surface area contributed by atoms with Crippen LogP contribution in [-0.2, 0) is 26.5 Å². The second kappa shape index (κ2) is 7.16. The van der Waals surface area contributed by atoms with E-state index in [1.54, 1.807) is 12.1 Å². The van der Waals surface area contributed by atoms with Crippen LogP contribution in [0.4, 0.5) is 5.69 Å². The van der Waals surface area contributed by atoms with E-state index < -0.39 is 20.7 Å². The van der Waals surface area contributed by atoms with E-state index in [4.69, 9.17) is 11.6 Å². The highest BCUT2D eigenvalue weighted by Crippen LogP contribution is 2.25. The van der Waals surface area contributed by atoms with E-state index in [-0.39, 0.29) is 16.3 Å². The molecule has 0 bridgehead atoms. The highest BCUT2D eigenvalue weighted by Gasteiger charge is 2.16. The molecule has 9 heteroatoms. The number of nitrogens with one attached hydrogen (secondary N) is 1. The molecule has 2 rings (SSSR count). The Kier molecular flexibility index (Phi) is 5.70. The number of thiol groups is 1. The van der Waals surface area contributed by atoms with E-state index in [1.807, 2.05) is 0 Å². The highest BCUT2D eigenvalue weighted by molar-refractivity contribution is 14.1. The lowest BCUT2D eigenvalue weighted by Crippen LogP contribution is -2.14. The van der Waals surface area contributed by atoms with Crippen LogP contribution < -0.4 is 4.72 Å². The lowest BCUT2D eigenvalue weighted by molar-refractivity contribution is 0.600. The molecule has 0 radical (unpaired) electrons. The average molecular weight is 472 g/mol. The monoisotopic (exact) mass is 471 g/mol. The molecule has 0 fully saturated rings. The standard InChI is InChI=1S/C13H11ClINO4S2/c14-10-2-1-9(8-21(17)18)13(7-10)16-22(19,20)12-5-3-11(15)4-6-12/h1-7,16,21H,8H2. The SMILES string of the molecule is O=[SH](=O)Cc1ccc(Cl)cc1NS(=O)(=O)c1ccc(I)cc1. The summed E-state index contributed by atoms with van der Waals surface area (Å²) in [5, 5.41) is 0.310. The Bertz CT molecular complexity index is 856. The van der Waals surface area contributed by atoms with Crippen LogP contribution in [0.25, 0.3) is 0 Å². The molecule has 22 heavy (non-hydrogen) atoms. The van der Waals surface area contributed by atoms with Gasteiger partial charge in [0.15, 0.2) is 0 Å². The lowest BCUT2D eigenvalue weighted by atomic mass is 10.2. The van der Waals surface area contributed by atoms with E-state index >= 15 is 0 Å². The number of rotatable bonds is 5. The van der Waals surface area contributed by atoms with Crippen LogP contribution in [-0.4, -0.2) is 16.8 Å². The molecule has 0 saturated carbocycles. The molecule has 0 unspecified atom stereocenters. The van der Waals surface area contributed by atoms with E-state index in [0.29, 0.717) is 10.6 Å². The summed E-state index contributed by atoms with van der Waals surface area (Å²) in [6.07, 6.45) is 0. The molecule has 1 N–H and O–H groups in total. The number of benzene rings is 2. The molecule has 0 aromatic heterocycles. The summed E-state index contributed by atoms with van der Waals surface area (Å²) in [7, 11) is -6.50. The summed E-state index contributed by atoms with van der Waals surface area (Å²) in [5.74, 6) is -0.267. The lowest BCUT2D eigenvalue weighted by Gasteiger charge is -2.12. The van der Waals surface area contributed by atoms with Gasteiger partial charge in [-0.2, -0.15) is 0 Å². The third-order valence-corrected chi connectivity index (χ3v) is 5.67. The molecular weight excluding hydrogens is 461 g/mol. The van der Waals surface area contributed by atoms with Gasteiger partial charge in [-0.15, -0.1) is 0 Å². The average Bonchev–Trinajstić information content (AvgIpc) is 2.41. The van der Waals surface area contributed by atoms with Crippen LogP contribution >= 0.6 is 34.2 Å². The maximum Gasteiger partial charge on any atom is 0.261 e. The van der Waals surface area contributed by atoms with Gasteiger partial charge in [-0.3, -0.25) is 4.72 Å². The third-order valence-electron chi connectivity index (χ3n) is 2.74. The molecule has 0 aliphatic rings. The summed E-state index contributed by atoms with van der Waals surface area (Å²) in [4.78, 5) is 0.0883. The topological polar surface area (TPSA) is 80.3 Å². The van der Waals surface area contributed by atoms with Crippen molar-refractivity contribution in [1.29, 1.82) is 0 Å². The van der Waals surface area contributed by atoms with Crippen molar-refractivity contribution in [3.63, 3.8) is 0 Å². The minimum atomic E-state index is -3.81. The summed E-state index contributed by atoms with van der Waals surface area (Å²) in [5.41, 5.74) is 0.500. The Labute approximate surface area is 148 Å². The van der Waals surface area contributed by atoms with Crippen LogP contribution in [0, 0.1) is 3.57 Å². The molecule has 0 amide bonds. The normalized spacial score (nSPS) is 11.6. The Balaban J connectivity index is 2.40. The molecule has 2 aromatic rings. The van der Waals surface area contributed by atoms with Gasteiger partial charge in [0.05, 0.1) is 16.3 Å². The van der Waals surface area contributed by atoms with Crippen molar-refractivity contribution in [2.75, 3.05) is 4.72 Å². The van der Waals surface area contributed by atoms with Crippen LogP contribution in [0.3, 0.4) is 0 Å². The van der Waals surface area contributed by atoms with Gasteiger partial charge >= 0.3 is 0 Å². The van der Waals surface area contributed by atoms with Crippen molar-refractivity contribution in [3.8, 4) is 0 Å². The Morgan fingerprint density at radius 1 is 1.09 bits per heavy atom. The minimum Gasteiger partial charge on any atom is -0.279 e. The first kappa shape index (κ1) is 17.5. The quantitative estimate of drug-likeness (QED) is 0.519. The molecule has 118 valence electrons. The van der Waals surface area contributed by atoms with E-state index in [0.717, 1.165) is 3.57 Å². The van der Waals surface area contributed by atoms with Crippen LogP contribution in [0.5, 0.6) is 0 Å². The van der Waals surface area contributed by atoms with E-state index in [2.05, 4.69) is 27.3 Å². The number of anilines is 1. The van der Waals surface area contributed by atoms with E-state index in [1.165, 1.54) is 30.3 Å². The van der Waals surface area contributed by atoms with Gasteiger partial charge < -0.3 is 0 Å². The molecule has 0 aliphatic carbocycles. The van der Waals surface area contributed by atoms with Crippen LogP contribution in [0.1, 0.15) is 5.56 Å². The fourth-order valence-corrected chi connectivity index (χ4v) is 3.92. The molecule has 0 aliphatic heterocycles. The van der Waals surface area contributed by atoms with Gasteiger partial charge in [-0.05, 0) is 64.6 Å². The molecule has 2 aromatic carbocycles.